The Morgan fingerprint density at radius 2 is 2.27 bits per heavy atom. The van der Waals surface area contributed by atoms with E-state index in [1.807, 2.05) is 31.2 Å². The van der Waals surface area contributed by atoms with Gasteiger partial charge in [0.2, 0.25) is 5.88 Å². The van der Waals surface area contributed by atoms with Gasteiger partial charge in [0.05, 0.1) is 0 Å². The number of hydrogen-bond donors (Lipinski definition) is 1. The molecule has 0 aliphatic heterocycles. The van der Waals surface area contributed by atoms with Crippen LogP contribution in [0.25, 0.3) is 11.3 Å². The van der Waals surface area contributed by atoms with Gasteiger partial charge in [0.15, 0.2) is 0 Å². The zero-order valence-corrected chi connectivity index (χ0v) is 9.08. The number of anilines is 1. The average molecular weight is 223 g/mol. The number of nitrogens with zero attached hydrogens (tertiary/aromatic N) is 1. The fourth-order valence-electron chi connectivity index (χ4n) is 1.53. The van der Waals surface area contributed by atoms with Gasteiger partial charge in [-0.3, -0.25) is 0 Å². The number of nitrogens with two attached hydrogens (primary N) is 1. The highest BCUT2D eigenvalue weighted by atomic mass is 35.5. The predicted octanol–water partition coefficient (Wildman–Crippen LogP) is 3.14. The number of hydrogen-bond acceptors (Lipinski definition) is 3. The van der Waals surface area contributed by atoms with E-state index in [0.717, 1.165) is 23.2 Å². The van der Waals surface area contributed by atoms with Gasteiger partial charge in [-0.25, -0.2) is 0 Å². The van der Waals surface area contributed by atoms with Crippen LogP contribution in [0.2, 0.25) is 5.02 Å². The van der Waals surface area contributed by atoms with Gasteiger partial charge in [0.25, 0.3) is 0 Å². The minimum atomic E-state index is 0.382. The molecule has 0 aliphatic carbocycles. The summed E-state index contributed by atoms with van der Waals surface area (Å²) in [5.74, 6) is 0.382. The Kier molecular flexibility index (Phi) is 2.64. The maximum Gasteiger partial charge on any atom is 0.225 e. The molecule has 1 heterocycles. The first-order chi connectivity index (χ1) is 7.22. The van der Waals surface area contributed by atoms with Gasteiger partial charge in [-0.1, -0.05) is 35.8 Å². The average Bonchev–Trinajstić information content (AvgIpc) is 2.59. The third kappa shape index (κ3) is 1.83. The second-order valence-electron chi connectivity index (χ2n) is 3.24. The van der Waals surface area contributed by atoms with Crippen molar-refractivity contribution in [3.05, 3.63) is 34.9 Å². The third-order valence-electron chi connectivity index (χ3n) is 2.27. The smallest absolute Gasteiger partial charge is 0.225 e. The molecule has 0 fully saturated rings. The summed E-state index contributed by atoms with van der Waals surface area (Å²) < 4.78 is 4.97. The second kappa shape index (κ2) is 3.95. The molecule has 1 aromatic heterocycles. The van der Waals surface area contributed by atoms with Crippen LogP contribution >= 0.6 is 11.6 Å². The molecule has 78 valence electrons. The van der Waals surface area contributed by atoms with Crippen molar-refractivity contribution in [2.45, 2.75) is 13.3 Å². The van der Waals surface area contributed by atoms with Crippen molar-refractivity contribution in [1.82, 2.24) is 5.16 Å². The van der Waals surface area contributed by atoms with E-state index in [9.17, 15) is 0 Å². The highest BCUT2D eigenvalue weighted by molar-refractivity contribution is 6.30. The molecule has 15 heavy (non-hydrogen) atoms. The molecule has 2 rings (SSSR count). The molecule has 0 saturated heterocycles. The highest BCUT2D eigenvalue weighted by Gasteiger charge is 2.13. The Balaban J connectivity index is 2.54. The van der Waals surface area contributed by atoms with Gasteiger partial charge >= 0.3 is 0 Å². The molecule has 0 atom stereocenters. The predicted molar refractivity (Wildman–Crippen MR) is 60.7 cm³/mol. The van der Waals surface area contributed by atoms with E-state index in [1.54, 1.807) is 0 Å². The SMILES string of the molecule is CCc1c(-c2cccc(Cl)c2)noc1N. The van der Waals surface area contributed by atoms with E-state index in [4.69, 9.17) is 21.9 Å². The van der Waals surface area contributed by atoms with Crippen LogP contribution in [0.4, 0.5) is 5.88 Å². The summed E-state index contributed by atoms with van der Waals surface area (Å²) in [5, 5.41) is 4.62. The third-order valence-corrected chi connectivity index (χ3v) is 2.51. The minimum absolute atomic E-state index is 0.382. The zero-order valence-electron chi connectivity index (χ0n) is 8.33. The molecule has 1 aromatic carbocycles. The van der Waals surface area contributed by atoms with Crippen LogP contribution in [0.3, 0.4) is 0 Å². The summed E-state index contributed by atoms with van der Waals surface area (Å²) >= 11 is 5.91. The Labute approximate surface area is 92.8 Å². The maximum atomic E-state index is 5.91. The van der Waals surface area contributed by atoms with E-state index in [-0.39, 0.29) is 0 Å². The summed E-state index contributed by atoms with van der Waals surface area (Å²) in [5.41, 5.74) is 8.30. The molecular weight excluding hydrogens is 212 g/mol. The molecule has 2 aromatic rings. The first kappa shape index (κ1) is 10.1. The topological polar surface area (TPSA) is 52.0 Å². The lowest BCUT2D eigenvalue weighted by Gasteiger charge is -1.99. The summed E-state index contributed by atoms with van der Waals surface area (Å²) in [7, 11) is 0. The largest absolute Gasteiger partial charge is 0.367 e. The van der Waals surface area contributed by atoms with Crippen LogP contribution in [0.5, 0.6) is 0 Å². The van der Waals surface area contributed by atoms with Crippen molar-refractivity contribution in [2.75, 3.05) is 5.73 Å². The number of aromatic nitrogens is 1. The fourth-order valence-corrected chi connectivity index (χ4v) is 1.72. The first-order valence-corrected chi connectivity index (χ1v) is 5.10. The highest BCUT2D eigenvalue weighted by Crippen LogP contribution is 2.28. The van der Waals surface area contributed by atoms with Gasteiger partial charge in [-0.2, -0.15) is 0 Å². The molecule has 2 N–H and O–H groups in total. The standard InChI is InChI=1S/C11H11ClN2O/c1-2-9-10(14-15-11(9)13)7-4-3-5-8(12)6-7/h3-6H,2,13H2,1H3. The number of nitrogen functional groups attached to an aromatic ring is 1. The van der Waals surface area contributed by atoms with Crippen LogP contribution in [0, 0.1) is 0 Å². The van der Waals surface area contributed by atoms with Crippen molar-refractivity contribution < 1.29 is 4.52 Å². The normalized spacial score (nSPS) is 10.5. The van der Waals surface area contributed by atoms with Crippen LogP contribution in [0.15, 0.2) is 28.8 Å². The Morgan fingerprint density at radius 1 is 1.47 bits per heavy atom. The minimum Gasteiger partial charge on any atom is -0.367 e. The molecule has 0 unspecified atom stereocenters. The van der Waals surface area contributed by atoms with Crippen LogP contribution in [-0.4, -0.2) is 5.16 Å². The number of benzene rings is 1. The Bertz CT molecular complexity index is 479. The van der Waals surface area contributed by atoms with E-state index in [1.165, 1.54) is 0 Å². The fraction of sp³-hybridized carbons (Fsp3) is 0.182. The van der Waals surface area contributed by atoms with Crippen molar-refractivity contribution in [2.24, 2.45) is 0 Å². The molecular formula is C11H11ClN2O. The monoisotopic (exact) mass is 222 g/mol. The van der Waals surface area contributed by atoms with Crippen LogP contribution in [0.1, 0.15) is 12.5 Å². The molecule has 0 aliphatic rings. The molecule has 0 radical (unpaired) electrons. The maximum absolute atomic E-state index is 5.91. The molecule has 0 bridgehead atoms. The van der Waals surface area contributed by atoms with E-state index in [2.05, 4.69) is 5.16 Å². The van der Waals surface area contributed by atoms with E-state index in [0.29, 0.717) is 10.9 Å². The van der Waals surface area contributed by atoms with Crippen molar-refractivity contribution in [3.63, 3.8) is 0 Å². The molecule has 0 spiro atoms. The molecule has 3 nitrogen and oxygen atoms in total. The number of rotatable bonds is 2. The lowest BCUT2D eigenvalue weighted by Crippen LogP contribution is -1.89. The van der Waals surface area contributed by atoms with Gasteiger partial charge in [0.1, 0.15) is 5.69 Å². The molecule has 0 saturated carbocycles. The zero-order chi connectivity index (χ0) is 10.8. The summed E-state index contributed by atoms with van der Waals surface area (Å²) in [4.78, 5) is 0. The van der Waals surface area contributed by atoms with Crippen LogP contribution in [-0.2, 0) is 6.42 Å². The van der Waals surface area contributed by atoms with Crippen LogP contribution < -0.4 is 5.73 Å². The van der Waals surface area contributed by atoms with Gasteiger partial charge in [0, 0.05) is 16.1 Å². The molecule has 4 heteroatoms. The van der Waals surface area contributed by atoms with Crippen molar-refractivity contribution in [1.29, 1.82) is 0 Å². The lowest BCUT2D eigenvalue weighted by molar-refractivity contribution is 0.438. The quantitative estimate of drug-likeness (QED) is 0.849. The van der Waals surface area contributed by atoms with Crippen molar-refractivity contribution in [3.8, 4) is 11.3 Å². The van der Waals surface area contributed by atoms with E-state index < -0.39 is 0 Å². The number of halogens is 1. The Hall–Kier alpha value is -1.48. The summed E-state index contributed by atoms with van der Waals surface area (Å²) in [6.07, 6.45) is 0.789. The Morgan fingerprint density at radius 3 is 2.93 bits per heavy atom. The molecule has 0 amide bonds. The second-order valence-corrected chi connectivity index (χ2v) is 3.67. The van der Waals surface area contributed by atoms with Crippen molar-refractivity contribution >= 4 is 17.5 Å². The first-order valence-electron chi connectivity index (χ1n) is 4.72. The van der Waals surface area contributed by atoms with E-state index >= 15 is 0 Å². The van der Waals surface area contributed by atoms with Gasteiger partial charge in [-0.05, 0) is 18.6 Å². The summed E-state index contributed by atoms with van der Waals surface area (Å²) in [6, 6.07) is 7.47. The summed E-state index contributed by atoms with van der Waals surface area (Å²) in [6.45, 7) is 2.01. The van der Waals surface area contributed by atoms with Gasteiger partial charge < -0.3 is 10.3 Å². The van der Waals surface area contributed by atoms with Gasteiger partial charge in [-0.15, -0.1) is 0 Å². The lowest BCUT2D eigenvalue weighted by atomic mass is 10.1.